The molecule has 0 aromatic carbocycles. The summed E-state index contributed by atoms with van der Waals surface area (Å²) >= 11 is 2.48. The van der Waals surface area contributed by atoms with Crippen LogP contribution in [0.25, 0.3) is 0 Å². The second kappa shape index (κ2) is 8.70. The van der Waals surface area contributed by atoms with Gasteiger partial charge in [0.2, 0.25) is 0 Å². The largest absolute Gasteiger partial charge is 0.324 e. The summed E-state index contributed by atoms with van der Waals surface area (Å²) in [4.78, 5) is 2.46. The lowest BCUT2D eigenvalue weighted by molar-refractivity contribution is -0.913. The molecule has 0 radical (unpaired) electrons. The number of quaternary nitrogens is 1. The Labute approximate surface area is 121 Å². The zero-order chi connectivity index (χ0) is 12.6. The van der Waals surface area contributed by atoms with E-state index in [1.807, 2.05) is 0 Å². The first-order valence-electron chi connectivity index (χ1n) is 7.24. The van der Waals surface area contributed by atoms with Crippen molar-refractivity contribution in [1.82, 2.24) is 4.90 Å². The minimum absolute atomic E-state index is 1.28. The van der Waals surface area contributed by atoms with Crippen molar-refractivity contribution in [2.45, 2.75) is 38.5 Å². The van der Waals surface area contributed by atoms with Gasteiger partial charge in [-0.25, -0.2) is 0 Å². The highest BCUT2D eigenvalue weighted by Gasteiger charge is 2.26. The molecule has 1 rings (SSSR count). The van der Waals surface area contributed by atoms with Crippen LogP contribution in [0.1, 0.15) is 38.5 Å². The minimum atomic E-state index is 1.28. The number of hydrogen-bond acceptors (Lipinski definition) is 1. The summed E-state index contributed by atoms with van der Waals surface area (Å²) in [7, 11) is 4.69. The van der Waals surface area contributed by atoms with Gasteiger partial charge in [-0.2, -0.15) is 0 Å². The van der Waals surface area contributed by atoms with Crippen LogP contribution < -0.4 is 0 Å². The Morgan fingerprint density at radius 2 is 1.47 bits per heavy atom. The topological polar surface area (TPSA) is 3.24 Å². The lowest BCUT2D eigenvalue weighted by Gasteiger charge is -2.41. The molecule has 1 heterocycles. The van der Waals surface area contributed by atoms with E-state index in [2.05, 4.69) is 41.6 Å². The van der Waals surface area contributed by atoms with Crippen molar-refractivity contribution in [2.75, 3.05) is 51.2 Å². The molecular formula is C14H30IN2+. The molecule has 2 nitrogen and oxygen atoms in total. The van der Waals surface area contributed by atoms with E-state index >= 15 is 0 Å². The zero-order valence-electron chi connectivity index (χ0n) is 11.8. The van der Waals surface area contributed by atoms with Crippen molar-refractivity contribution >= 4 is 22.6 Å². The van der Waals surface area contributed by atoms with Gasteiger partial charge in [0, 0.05) is 13.1 Å². The van der Waals surface area contributed by atoms with Crippen molar-refractivity contribution < 1.29 is 4.48 Å². The van der Waals surface area contributed by atoms with E-state index in [0.717, 1.165) is 0 Å². The third kappa shape index (κ3) is 6.97. The molecule has 0 aromatic heterocycles. The molecule has 0 N–H and O–H groups in total. The third-order valence-electron chi connectivity index (χ3n) is 4.12. The Kier molecular flexibility index (Phi) is 8.04. The summed E-state index contributed by atoms with van der Waals surface area (Å²) in [5.74, 6) is 0. The quantitative estimate of drug-likeness (QED) is 0.280. The van der Waals surface area contributed by atoms with E-state index in [0.29, 0.717) is 0 Å². The van der Waals surface area contributed by atoms with Crippen LogP contribution in [0, 0.1) is 0 Å². The first kappa shape index (κ1) is 15.7. The van der Waals surface area contributed by atoms with Crippen LogP contribution in [-0.2, 0) is 0 Å². The zero-order valence-corrected chi connectivity index (χ0v) is 13.9. The number of nitrogens with zero attached hydrogens (tertiary/aromatic N) is 2. The summed E-state index contributed by atoms with van der Waals surface area (Å²) in [6, 6.07) is 0. The molecule has 3 heteroatoms. The average molecular weight is 353 g/mol. The van der Waals surface area contributed by atoms with E-state index < -0.39 is 0 Å². The van der Waals surface area contributed by atoms with Crippen molar-refractivity contribution in [3.05, 3.63) is 0 Å². The second-order valence-electron chi connectivity index (χ2n) is 5.90. The van der Waals surface area contributed by atoms with Crippen molar-refractivity contribution in [3.8, 4) is 0 Å². The molecule has 1 fully saturated rings. The van der Waals surface area contributed by atoms with Crippen LogP contribution >= 0.6 is 22.6 Å². The number of likely N-dealkylation sites (N-methyl/N-ethyl adjacent to an activating group) is 2. The second-order valence-corrected chi connectivity index (χ2v) is 6.98. The molecule has 17 heavy (non-hydrogen) atoms. The fourth-order valence-corrected chi connectivity index (χ4v) is 3.11. The highest BCUT2D eigenvalue weighted by atomic mass is 127. The normalized spacial score (nSPS) is 20.6. The number of rotatable bonds is 8. The molecule has 0 aliphatic carbocycles. The summed E-state index contributed by atoms with van der Waals surface area (Å²) in [6.07, 6.45) is 8.65. The van der Waals surface area contributed by atoms with Gasteiger partial charge in [0.15, 0.2) is 0 Å². The first-order chi connectivity index (χ1) is 8.16. The summed E-state index contributed by atoms with van der Waals surface area (Å²) in [6.45, 7) is 6.68. The van der Waals surface area contributed by atoms with Gasteiger partial charge in [0.25, 0.3) is 0 Å². The monoisotopic (exact) mass is 353 g/mol. The van der Waals surface area contributed by atoms with Crippen molar-refractivity contribution in [2.24, 2.45) is 0 Å². The Hall–Kier alpha value is 0.650. The SMILES string of the molecule is CN1CC[N+](C)(CCCCCCCCI)CC1. The van der Waals surface area contributed by atoms with Crippen LogP contribution in [0.2, 0.25) is 0 Å². The van der Waals surface area contributed by atoms with E-state index in [1.54, 1.807) is 0 Å². The molecular weight excluding hydrogens is 323 g/mol. The molecule has 0 atom stereocenters. The van der Waals surface area contributed by atoms with Gasteiger partial charge in [-0.15, -0.1) is 0 Å². The smallest absolute Gasteiger partial charge is 0.0914 e. The lowest BCUT2D eigenvalue weighted by Crippen LogP contribution is -2.56. The van der Waals surface area contributed by atoms with Crippen LogP contribution in [0.4, 0.5) is 0 Å². The van der Waals surface area contributed by atoms with Gasteiger partial charge in [-0.3, -0.25) is 4.90 Å². The fourth-order valence-electron chi connectivity index (χ4n) is 2.57. The summed E-state index contributed by atoms with van der Waals surface area (Å²) < 4.78 is 2.65. The minimum Gasteiger partial charge on any atom is -0.324 e. The molecule has 0 aromatic rings. The average Bonchev–Trinajstić information content (AvgIpc) is 2.32. The Bertz CT molecular complexity index is 189. The van der Waals surface area contributed by atoms with E-state index in [4.69, 9.17) is 0 Å². The van der Waals surface area contributed by atoms with Gasteiger partial charge < -0.3 is 4.48 Å². The molecule has 0 unspecified atom stereocenters. The molecule has 0 saturated carbocycles. The molecule has 0 spiro atoms. The predicted octanol–water partition coefficient (Wildman–Crippen LogP) is 3.15. The molecule has 1 aliphatic heterocycles. The maximum atomic E-state index is 2.48. The van der Waals surface area contributed by atoms with E-state index in [1.165, 1.54) is 80.2 Å². The van der Waals surface area contributed by atoms with Crippen LogP contribution in [0.5, 0.6) is 0 Å². The Morgan fingerprint density at radius 1 is 0.941 bits per heavy atom. The standard InChI is InChI=1S/C14H30IN2/c1-16-10-13-17(2,14-11-16)12-8-6-4-3-5-7-9-15/h3-14H2,1-2H3/q+1. The van der Waals surface area contributed by atoms with Gasteiger partial charge in [0.05, 0.1) is 26.7 Å². The van der Waals surface area contributed by atoms with Crippen LogP contribution in [-0.4, -0.2) is 60.6 Å². The van der Waals surface area contributed by atoms with Crippen molar-refractivity contribution in [1.29, 1.82) is 0 Å². The lowest BCUT2D eigenvalue weighted by atomic mass is 10.1. The summed E-state index contributed by atoms with van der Waals surface area (Å²) in [5, 5.41) is 0. The van der Waals surface area contributed by atoms with Gasteiger partial charge in [0.1, 0.15) is 0 Å². The van der Waals surface area contributed by atoms with E-state index in [9.17, 15) is 0 Å². The Morgan fingerprint density at radius 3 is 2.06 bits per heavy atom. The molecule has 1 saturated heterocycles. The maximum absolute atomic E-state index is 2.48. The third-order valence-corrected chi connectivity index (χ3v) is 4.89. The molecule has 0 amide bonds. The highest BCUT2D eigenvalue weighted by Crippen LogP contribution is 2.13. The predicted molar refractivity (Wildman–Crippen MR) is 84.9 cm³/mol. The molecule has 1 aliphatic rings. The number of alkyl halides is 1. The molecule has 102 valence electrons. The fraction of sp³-hybridized carbons (Fsp3) is 1.00. The highest BCUT2D eigenvalue weighted by molar-refractivity contribution is 14.1. The van der Waals surface area contributed by atoms with Gasteiger partial charge >= 0.3 is 0 Å². The molecule has 0 bridgehead atoms. The summed E-state index contributed by atoms with van der Waals surface area (Å²) in [5.41, 5.74) is 0. The Balaban J connectivity index is 1.98. The first-order valence-corrected chi connectivity index (χ1v) is 8.77. The van der Waals surface area contributed by atoms with E-state index in [-0.39, 0.29) is 0 Å². The van der Waals surface area contributed by atoms with Gasteiger partial charge in [-0.05, 0) is 30.7 Å². The van der Waals surface area contributed by atoms with Gasteiger partial charge in [-0.1, -0.05) is 41.9 Å². The number of halogens is 1. The van der Waals surface area contributed by atoms with Crippen molar-refractivity contribution in [3.63, 3.8) is 0 Å². The number of hydrogen-bond donors (Lipinski definition) is 0. The maximum Gasteiger partial charge on any atom is 0.0914 e. The van der Waals surface area contributed by atoms with Crippen LogP contribution in [0.15, 0.2) is 0 Å². The number of unbranched alkanes of at least 4 members (excludes halogenated alkanes) is 5. The number of piperazine rings is 1. The van der Waals surface area contributed by atoms with Crippen LogP contribution in [0.3, 0.4) is 0 Å².